The van der Waals surface area contributed by atoms with Crippen LogP contribution in [-0.2, 0) is 20.4 Å². The summed E-state index contributed by atoms with van der Waals surface area (Å²) < 4.78 is 36.5. The Morgan fingerprint density at radius 2 is 1.56 bits per heavy atom. The molecule has 2 amide bonds. The fraction of sp³-hybridized carbons (Fsp3) is 0.375. The van der Waals surface area contributed by atoms with Gasteiger partial charge in [0.05, 0.1) is 17.4 Å². The lowest BCUT2D eigenvalue weighted by molar-refractivity contribution is -0.0979. The number of hydrogen-bond acceptors (Lipinski definition) is 8. The first-order valence-electron chi connectivity index (χ1n) is 13.9. The van der Waals surface area contributed by atoms with Crippen molar-refractivity contribution in [1.29, 1.82) is 0 Å². The number of nitrogens with one attached hydrogen (secondary N) is 2. The number of anilines is 1. The Kier molecular flexibility index (Phi) is 10.5. The highest BCUT2D eigenvalue weighted by Gasteiger charge is 2.44. The molecule has 0 aliphatic rings. The first kappa shape index (κ1) is 33.4. The van der Waals surface area contributed by atoms with Crippen LogP contribution in [0.3, 0.4) is 0 Å². The average molecular weight is 612 g/mol. The highest BCUT2D eigenvalue weighted by molar-refractivity contribution is 7.89. The van der Waals surface area contributed by atoms with Crippen molar-refractivity contribution in [3.05, 3.63) is 83.9 Å². The van der Waals surface area contributed by atoms with E-state index in [4.69, 9.17) is 15.2 Å². The Balaban J connectivity index is 1.89. The fourth-order valence-corrected chi connectivity index (χ4v) is 5.15. The van der Waals surface area contributed by atoms with E-state index in [1.54, 1.807) is 30.3 Å². The SMILES string of the molecule is CC(C)Nc1cc(-c2ccc(OC(COC(N)=O)C[C@](O)(c3ccccc3)C(C)(C)C)cc2)ccc1C(=O)NS(C)(=O)=O. The summed E-state index contributed by atoms with van der Waals surface area (Å²) in [5, 5.41) is 15.1. The number of benzene rings is 3. The summed E-state index contributed by atoms with van der Waals surface area (Å²) in [6, 6.07) is 21.5. The number of nitrogens with two attached hydrogens (primary N) is 1. The minimum atomic E-state index is -3.73. The van der Waals surface area contributed by atoms with E-state index in [1.165, 1.54) is 0 Å². The van der Waals surface area contributed by atoms with E-state index in [1.807, 2.05) is 81.8 Å². The predicted molar refractivity (Wildman–Crippen MR) is 167 cm³/mol. The van der Waals surface area contributed by atoms with Crippen LogP contribution >= 0.6 is 0 Å². The van der Waals surface area contributed by atoms with Gasteiger partial charge in [-0.1, -0.05) is 69.3 Å². The Hall–Kier alpha value is -4.09. The molecule has 43 heavy (non-hydrogen) atoms. The van der Waals surface area contributed by atoms with E-state index in [0.717, 1.165) is 17.4 Å². The number of rotatable bonds is 12. The number of carbonyl (C=O) groups excluding carboxylic acids is 2. The van der Waals surface area contributed by atoms with Gasteiger partial charge < -0.3 is 25.6 Å². The van der Waals surface area contributed by atoms with Gasteiger partial charge >= 0.3 is 6.09 Å². The monoisotopic (exact) mass is 611 g/mol. The Morgan fingerprint density at radius 1 is 0.953 bits per heavy atom. The Bertz CT molecular complexity index is 1520. The van der Waals surface area contributed by atoms with Crippen molar-refractivity contribution in [1.82, 2.24) is 4.72 Å². The van der Waals surface area contributed by atoms with Crippen molar-refractivity contribution in [2.24, 2.45) is 11.1 Å². The largest absolute Gasteiger partial charge is 0.487 e. The maximum Gasteiger partial charge on any atom is 0.404 e. The summed E-state index contributed by atoms with van der Waals surface area (Å²) in [4.78, 5) is 24.0. The molecule has 0 fully saturated rings. The molecule has 0 bridgehead atoms. The lowest BCUT2D eigenvalue weighted by Crippen LogP contribution is -2.45. The number of amides is 2. The van der Waals surface area contributed by atoms with Gasteiger partial charge in [0.15, 0.2) is 0 Å². The van der Waals surface area contributed by atoms with Crippen LogP contribution in [0, 0.1) is 5.41 Å². The molecule has 5 N–H and O–H groups in total. The normalized spacial score (nSPS) is 14.0. The zero-order chi connectivity index (χ0) is 32.0. The molecular weight excluding hydrogens is 570 g/mol. The van der Waals surface area contributed by atoms with Crippen molar-refractivity contribution in [3.63, 3.8) is 0 Å². The zero-order valence-corrected chi connectivity index (χ0v) is 26.2. The Morgan fingerprint density at radius 3 is 2.09 bits per heavy atom. The van der Waals surface area contributed by atoms with Gasteiger partial charge in [-0.2, -0.15) is 0 Å². The van der Waals surface area contributed by atoms with Gasteiger partial charge in [0.1, 0.15) is 18.5 Å². The third kappa shape index (κ3) is 9.20. The van der Waals surface area contributed by atoms with Gasteiger partial charge in [0.2, 0.25) is 10.0 Å². The van der Waals surface area contributed by atoms with E-state index in [9.17, 15) is 23.1 Å². The van der Waals surface area contributed by atoms with Gasteiger partial charge in [-0.05, 0) is 60.2 Å². The van der Waals surface area contributed by atoms with Gasteiger partial charge in [0, 0.05) is 18.2 Å². The lowest BCUT2D eigenvalue weighted by Gasteiger charge is -2.42. The lowest BCUT2D eigenvalue weighted by atomic mass is 9.69. The summed E-state index contributed by atoms with van der Waals surface area (Å²) >= 11 is 0. The number of primary amides is 1. The molecule has 0 spiro atoms. The zero-order valence-electron chi connectivity index (χ0n) is 25.4. The van der Waals surface area contributed by atoms with Gasteiger partial charge in [-0.15, -0.1) is 0 Å². The van der Waals surface area contributed by atoms with Crippen LogP contribution in [0.4, 0.5) is 10.5 Å². The van der Waals surface area contributed by atoms with Crippen LogP contribution in [0.5, 0.6) is 5.75 Å². The van der Waals surface area contributed by atoms with E-state index >= 15 is 0 Å². The highest BCUT2D eigenvalue weighted by atomic mass is 32.2. The van der Waals surface area contributed by atoms with Crippen LogP contribution < -0.4 is 20.5 Å². The summed E-state index contributed by atoms with van der Waals surface area (Å²) in [7, 11) is -3.73. The molecule has 10 nitrogen and oxygen atoms in total. The van der Waals surface area contributed by atoms with Crippen LogP contribution in [0.1, 0.15) is 57.0 Å². The molecule has 0 saturated heterocycles. The van der Waals surface area contributed by atoms with Crippen molar-refractivity contribution < 1.29 is 32.6 Å². The van der Waals surface area contributed by atoms with Crippen LogP contribution in [-0.4, -0.2) is 50.5 Å². The standard InChI is InChI=1S/C32H41N3O7S/c1-21(2)34-28-18-23(14-17-27(28)29(36)35-43(6,39)40)22-12-15-25(16-13-22)42-26(20-41-30(33)37)19-32(38,31(3,4)5)24-10-8-7-9-11-24/h7-18,21,26,34,38H,19-20H2,1-6H3,(H2,33,37)(H,35,36)/t26?,32-/m0/s1. The molecule has 0 aliphatic carbocycles. The molecule has 2 atom stereocenters. The number of hydrogen-bond donors (Lipinski definition) is 4. The molecule has 0 radical (unpaired) electrons. The van der Waals surface area contributed by atoms with Crippen molar-refractivity contribution >= 4 is 27.7 Å². The molecule has 232 valence electrons. The van der Waals surface area contributed by atoms with Crippen LogP contribution in [0.25, 0.3) is 11.1 Å². The van der Waals surface area contributed by atoms with Gasteiger partial charge in [-0.25, -0.2) is 17.9 Å². The van der Waals surface area contributed by atoms with Crippen LogP contribution in [0.15, 0.2) is 72.8 Å². The predicted octanol–water partition coefficient (Wildman–Crippen LogP) is 5.03. The van der Waals surface area contributed by atoms with E-state index in [2.05, 4.69) is 5.32 Å². The Labute approximate surface area is 253 Å². The first-order chi connectivity index (χ1) is 20.0. The molecule has 0 heterocycles. The van der Waals surface area contributed by atoms with E-state index in [0.29, 0.717) is 17.0 Å². The highest BCUT2D eigenvalue weighted by Crippen LogP contribution is 2.43. The van der Waals surface area contributed by atoms with E-state index < -0.39 is 39.1 Å². The third-order valence-electron chi connectivity index (χ3n) is 6.90. The molecule has 0 aliphatic heterocycles. The summed E-state index contributed by atoms with van der Waals surface area (Å²) in [6.45, 7) is 9.45. The molecule has 0 saturated carbocycles. The first-order valence-corrected chi connectivity index (χ1v) is 15.8. The molecule has 3 rings (SSSR count). The second kappa shape index (κ2) is 13.5. The maximum absolute atomic E-state index is 12.6. The topological polar surface area (TPSA) is 157 Å². The number of ether oxygens (including phenoxy) is 2. The summed E-state index contributed by atoms with van der Waals surface area (Å²) in [6.07, 6.45) is -0.620. The summed E-state index contributed by atoms with van der Waals surface area (Å²) in [5.74, 6) is -0.244. The second-order valence-corrected chi connectivity index (χ2v) is 13.6. The fourth-order valence-electron chi connectivity index (χ4n) is 4.70. The quantitative estimate of drug-likeness (QED) is 0.222. The van der Waals surface area contributed by atoms with Gasteiger partial charge in [0.25, 0.3) is 5.91 Å². The summed E-state index contributed by atoms with van der Waals surface area (Å²) in [5.41, 5.74) is 6.34. The molecular formula is C32H41N3O7S. The smallest absolute Gasteiger partial charge is 0.404 e. The molecule has 11 heteroatoms. The number of aliphatic hydroxyl groups is 1. The van der Waals surface area contributed by atoms with Crippen molar-refractivity contribution in [2.75, 3.05) is 18.2 Å². The van der Waals surface area contributed by atoms with Crippen molar-refractivity contribution in [2.45, 2.75) is 58.8 Å². The third-order valence-corrected chi connectivity index (χ3v) is 7.46. The molecule has 3 aromatic rings. The minimum absolute atomic E-state index is 0.0157. The maximum atomic E-state index is 12.6. The van der Waals surface area contributed by atoms with Crippen molar-refractivity contribution in [3.8, 4) is 16.9 Å². The minimum Gasteiger partial charge on any atom is -0.487 e. The van der Waals surface area contributed by atoms with Gasteiger partial charge in [-0.3, -0.25) is 4.79 Å². The van der Waals surface area contributed by atoms with Crippen LogP contribution in [0.2, 0.25) is 0 Å². The second-order valence-electron chi connectivity index (χ2n) is 11.8. The average Bonchev–Trinajstić information content (AvgIpc) is 2.90. The number of carbonyl (C=O) groups is 2. The van der Waals surface area contributed by atoms with E-state index in [-0.39, 0.29) is 24.6 Å². The number of sulfonamides is 1. The molecule has 1 unspecified atom stereocenters. The molecule has 3 aromatic carbocycles. The molecule has 0 aromatic heterocycles.